The van der Waals surface area contributed by atoms with Crippen LogP contribution < -0.4 is 5.32 Å². The van der Waals surface area contributed by atoms with E-state index in [0.717, 1.165) is 48.7 Å². The molecule has 1 heterocycles. The van der Waals surface area contributed by atoms with Crippen LogP contribution in [0.2, 0.25) is 0 Å². The van der Waals surface area contributed by atoms with Crippen molar-refractivity contribution in [1.82, 2.24) is 20.0 Å². The number of hydrogen-bond donors (Lipinski definition) is 1. The topological polar surface area (TPSA) is 50.2 Å². The lowest BCUT2D eigenvalue weighted by Gasteiger charge is -2.30. The number of nitrogens with one attached hydrogen (secondary N) is 1. The van der Waals surface area contributed by atoms with E-state index in [0.29, 0.717) is 0 Å². The summed E-state index contributed by atoms with van der Waals surface area (Å²) in [5, 5.41) is 7.26. The van der Waals surface area contributed by atoms with Crippen LogP contribution in [0.4, 0.5) is 13.6 Å². The molecule has 1 N–H and O–H groups in total. The summed E-state index contributed by atoms with van der Waals surface area (Å²) in [4.78, 5) is 14.0. The average Bonchev–Trinajstić information content (AvgIpc) is 2.98. The summed E-state index contributed by atoms with van der Waals surface area (Å²) in [5.41, 5.74) is 2.31. The van der Waals surface area contributed by atoms with E-state index in [1.807, 2.05) is 11.7 Å². The minimum atomic E-state index is -0.590. The zero-order valence-corrected chi connectivity index (χ0v) is 14.6. The first kappa shape index (κ1) is 17.4. The number of hydrogen-bond acceptors (Lipinski definition) is 2. The molecule has 0 unspecified atom stereocenters. The van der Waals surface area contributed by atoms with Crippen molar-refractivity contribution < 1.29 is 13.6 Å². The van der Waals surface area contributed by atoms with E-state index in [1.165, 1.54) is 4.90 Å². The van der Waals surface area contributed by atoms with Crippen molar-refractivity contribution in [3.63, 3.8) is 0 Å². The fraction of sp³-hybridized carbons (Fsp3) is 0.444. The number of rotatable bonds is 3. The summed E-state index contributed by atoms with van der Waals surface area (Å²) >= 11 is 0. The summed E-state index contributed by atoms with van der Waals surface area (Å²) in [7, 11) is 3.47. The molecule has 0 fully saturated rings. The molecule has 1 aliphatic rings. The van der Waals surface area contributed by atoms with Gasteiger partial charge in [-0.3, -0.25) is 4.68 Å². The molecule has 0 saturated carbocycles. The predicted octanol–water partition coefficient (Wildman–Crippen LogP) is 3.48. The Balaban J connectivity index is 1.74. The maximum Gasteiger partial charge on any atom is 0.318 e. The van der Waals surface area contributed by atoms with Gasteiger partial charge in [-0.1, -0.05) is 0 Å². The molecule has 1 aromatic carbocycles. The fourth-order valence-electron chi connectivity index (χ4n) is 3.33. The van der Waals surface area contributed by atoms with Crippen molar-refractivity contribution >= 4 is 6.03 Å². The SMILES string of the molecule is C[C@@H](c1cc(F)ccc1F)N(C)C(=O)N[C@H]1CCCc2c1cnn2C. The molecule has 0 bridgehead atoms. The quantitative estimate of drug-likeness (QED) is 0.923. The van der Waals surface area contributed by atoms with E-state index in [4.69, 9.17) is 0 Å². The number of amides is 2. The highest BCUT2D eigenvalue weighted by molar-refractivity contribution is 5.75. The Morgan fingerprint density at radius 1 is 1.44 bits per heavy atom. The molecule has 25 heavy (non-hydrogen) atoms. The summed E-state index contributed by atoms with van der Waals surface area (Å²) in [6.07, 6.45) is 4.53. The Kier molecular flexibility index (Phi) is 4.74. The Morgan fingerprint density at radius 2 is 2.20 bits per heavy atom. The van der Waals surface area contributed by atoms with Crippen LogP contribution in [0.1, 0.15) is 48.7 Å². The maximum atomic E-state index is 14.0. The zero-order chi connectivity index (χ0) is 18.1. The Bertz CT molecular complexity index is 789. The molecule has 3 rings (SSSR count). The van der Waals surface area contributed by atoms with Crippen LogP contribution >= 0.6 is 0 Å². The molecule has 2 atom stereocenters. The molecule has 7 heteroatoms. The standard InChI is InChI=1S/C18H22F2N4O/c1-11(13-9-12(19)7-8-15(13)20)23(2)18(25)22-16-5-4-6-17-14(16)10-21-24(17)3/h7-11,16H,4-6H2,1-3H3,(H,22,25)/t11-,16-/m0/s1. The van der Waals surface area contributed by atoms with Gasteiger partial charge in [0.05, 0.1) is 18.3 Å². The smallest absolute Gasteiger partial charge is 0.318 e. The van der Waals surface area contributed by atoms with E-state index in [9.17, 15) is 13.6 Å². The number of carbonyl (C=O) groups excluding carboxylic acids is 1. The second-order valence-electron chi connectivity index (χ2n) is 6.52. The highest BCUT2D eigenvalue weighted by atomic mass is 19.1. The normalized spacial score (nSPS) is 17.7. The minimum absolute atomic E-state index is 0.114. The summed E-state index contributed by atoms with van der Waals surface area (Å²) in [6.45, 7) is 1.67. The van der Waals surface area contributed by atoms with Crippen LogP contribution in [-0.4, -0.2) is 27.8 Å². The van der Waals surface area contributed by atoms with Crippen molar-refractivity contribution in [2.24, 2.45) is 7.05 Å². The molecule has 134 valence electrons. The Hall–Kier alpha value is -2.44. The predicted molar refractivity (Wildman–Crippen MR) is 90.0 cm³/mol. The first-order chi connectivity index (χ1) is 11.9. The summed E-state index contributed by atoms with van der Waals surface area (Å²) < 4.78 is 29.2. The lowest BCUT2D eigenvalue weighted by atomic mass is 9.93. The lowest BCUT2D eigenvalue weighted by Crippen LogP contribution is -2.41. The van der Waals surface area contributed by atoms with Crippen LogP contribution in [0.15, 0.2) is 24.4 Å². The number of fused-ring (bicyclic) bond motifs is 1. The molecule has 2 amide bonds. The number of benzene rings is 1. The van der Waals surface area contributed by atoms with Crippen LogP contribution in [0, 0.1) is 11.6 Å². The number of aryl methyl sites for hydroxylation is 1. The second kappa shape index (κ2) is 6.82. The van der Waals surface area contributed by atoms with Crippen molar-refractivity contribution in [1.29, 1.82) is 0 Å². The van der Waals surface area contributed by atoms with Gasteiger partial charge in [0.15, 0.2) is 0 Å². The van der Waals surface area contributed by atoms with Crippen molar-refractivity contribution in [3.8, 4) is 0 Å². The fourth-order valence-corrected chi connectivity index (χ4v) is 3.33. The Labute approximate surface area is 145 Å². The molecule has 0 radical (unpaired) electrons. The van der Waals surface area contributed by atoms with Gasteiger partial charge in [-0.05, 0) is 44.4 Å². The minimum Gasteiger partial charge on any atom is -0.331 e. The first-order valence-electron chi connectivity index (χ1n) is 8.37. The van der Waals surface area contributed by atoms with Gasteiger partial charge in [0, 0.05) is 30.9 Å². The molecule has 1 aliphatic carbocycles. The molecule has 1 aromatic heterocycles. The van der Waals surface area contributed by atoms with Crippen LogP contribution in [0.5, 0.6) is 0 Å². The lowest BCUT2D eigenvalue weighted by molar-refractivity contribution is 0.188. The molecule has 2 aromatic rings. The molecule has 5 nitrogen and oxygen atoms in total. The number of aromatic nitrogens is 2. The van der Waals surface area contributed by atoms with Crippen LogP contribution in [-0.2, 0) is 13.5 Å². The molecule has 0 saturated heterocycles. The van der Waals surface area contributed by atoms with Crippen molar-refractivity contribution in [3.05, 3.63) is 52.9 Å². The third kappa shape index (κ3) is 3.36. The van der Waals surface area contributed by atoms with E-state index in [1.54, 1.807) is 20.2 Å². The highest BCUT2D eigenvalue weighted by Gasteiger charge is 2.27. The molecular formula is C18H22F2N4O. The number of nitrogens with zero attached hydrogens (tertiary/aromatic N) is 3. The average molecular weight is 348 g/mol. The van der Waals surface area contributed by atoms with E-state index >= 15 is 0 Å². The number of carbonyl (C=O) groups is 1. The van der Waals surface area contributed by atoms with E-state index < -0.39 is 17.7 Å². The molecular weight excluding hydrogens is 326 g/mol. The van der Waals surface area contributed by atoms with Gasteiger partial charge in [0.1, 0.15) is 11.6 Å². The highest BCUT2D eigenvalue weighted by Crippen LogP contribution is 2.30. The van der Waals surface area contributed by atoms with E-state index in [-0.39, 0.29) is 17.6 Å². The molecule has 0 spiro atoms. The zero-order valence-electron chi connectivity index (χ0n) is 14.6. The van der Waals surface area contributed by atoms with Crippen molar-refractivity contribution in [2.45, 2.75) is 38.3 Å². The molecule has 0 aliphatic heterocycles. The largest absolute Gasteiger partial charge is 0.331 e. The second-order valence-corrected chi connectivity index (χ2v) is 6.52. The number of halogens is 2. The third-order valence-electron chi connectivity index (χ3n) is 4.98. The van der Waals surface area contributed by atoms with Gasteiger partial charge < -0.3 is 10.2 Å². The first-order valence-corrected chi connectivity index (χ1v) is 8.37. The monoisotopic (exact) mass is 348 g/mol. The van der Waals surface area contributed by atoms with Crippen LogP contribution in [0.3, 0.4) is 0 Å². The van der Waals surface area contributed by atoms with Crippen LogP contribution in [0.25, 0.3) is 0 Å². The Morgan fingerprint density at radius 3 is 2.96 bits per heavy atom. The summed E-state index contributed by atoms with van der Waals surface area (Å²) in [6, 6.07) is 2.25. The summed E-state index contributed by atoms with van der Waals surface area (Å²) in [5.74, 6) is -1.05. The van der Waals surface area contributed by atoms with Gasteiger partial charge in [0.2, 0.25) is 0 Å². The third-order valence-corrected chi connectivity index (χ3v) is 4.98. The van der Waals surface area contributed by atoms with Gasteiger partial charge in [-0.25, -0.2) is 13.6 Å². The van der Waals surface area contributed by atoms with Gasteiger partial charge in [-0.2, -0.15) is 5.10 Å². The van der Waals surface area contributed by atoms with Gasteiger partial charge >= 0.3 is 6.03 Å². The van der Waals surface area contributed by atoms with Gasteiger partial charge in [-0.15, -0.1) is 0 Å². The van der Waals surface area contributed by atoms with Crippen molar-refractivity contribution in [2.75, 3.05) is 7.05 Å². The number of urea groups is 1. The van der Waals surface area contributed by atoms with Gasteiger partial charge in [0.25, 0.3) is 0 Å². The maximum absolute atomic E-state index is 14.0. The van der Waals surface area contributed by atoms with E-state index in [2.05, 4.69) is 10.4 Å².